The molecule has 0 bridgehead atoms. The topological polar surface area (TPSA) is 86.0 Å². The quantitative estimate of drug-likeness (QED) is 0.440. The summed E-state index contributed by atoms with van der Waals surface area (Å²) in [5, 5.41) is 8.35. The van der Waals surface area contributed by atoms with Crippen LogP contribution >= 0.6 is 39.1 Å². The van der Waals surface area contributed by atoms with Gasteiger partial charge in [-0.2, -0.15) is 5.10 Å². The van der Waals surface area contributed by atoms with Crippen LogP contribution in [0.5, 0.6) is 5.75 Å². The minimum absolute atomic E-state index is 0.116. The summed E-state index contributed by atoms with van der Waals surface area (Å²) in [6.45, 7) is 0.335. The third kappa shape index (κ3) is 5.42. The number of benzene rings is 2. The second-order valence-corrected chi connectivity index (χ2v) is 6.22. The van der Waals surface area contributed by atoms with Gasteiger partial charge in [-0.1, -0.05) is 45.2 Å². The maximum Gasteiger partial charge on any atom is 0.211 e. The van der Waals surface area contributed by atoms with Gasteiger partial charge in [0.2, 0.25) is 5.96 Å². The van der Waals surface area contributed by atoms with Crippen molar-refractivity contribution in [2.75, 3.05) is 0 Å². The van der Waals surface area contributed by atoms with E-state index in [1.165, 1.54) is 6.21 Å². The number of hydrogen-bond donors (Lipinski definition) is 2. The fraction of sp³-hybridized carbons (Fsp3) is 0.0667. The Morgan fingerprint density at radius 3 is 2.61 bits per heavy atom. The average Bonchev–Trinajstić information content (AvgIpc) is 2.49. The van der Waals surface area contributed by atoms with Gasteiger partial charge in [0.1, 0.15) is 12.4 Å². The lowest BCUT2D eigenvalue weighted by Crippen LogP contribution is -2.21. The molecule has 8 heteroatoms. The van der Waals surface area contributed by atoms with Gasteiger partial charge in [0.15, 0.2) is 0 Å². The van der Waals surface area contributed by atoms with E-state index in [4.69, 9.17) is 39.4 Å². The summed E-state index contributed by atoms with van der Waals surface area (Å²) in [6, 6.07) is 10.9. The Labute approximate surface area is 152 Å². The summed E-state index contributed by atoms with van der Waals surface area (Å²) in [4.78, 5) is 0. The van der Waals surface area contributed by atoms with Crippen LogP contribution < -0.4 is 16.2 Å². The molecule has 2 aromatic carbocycles. The van der Waals surface area contributed by atoms with Gasteiger partial charge in [-0.05, 0) is 35.9 Å². The van der Waals surface area contributed by atoms with Crippen molar-refractivity contribution < 1.29 is 4.74 Å². The summed E-state index contributed by atoms with van der Waals surface area (Å²) in [5.74, 6) is 0.517. The van der Waals surface area contributed by atoms with Crippen molar-refractivity contribution >= 4 is 51.3 Å². The Balaban J connectivity index is 2.17. The molecule has 2 rings (SSSR count). The highest BCUT2D eigenvalue weighted by atomic mass is 79.9. The van der Waals surface area contributed by atoms with Crippen LogP contribution in [-0.2, 0) is 6.61 Å². The van der Waals surface area contributed by atoms with Crippen molar-refractivity contribution in [3.8, 4) is 5.75 Å². The molecule has 0 spiro atoms. The third-order valence-corrected chi connectivity index (χ3v) is 3.95. The van der Waals surface area contributed by atoms with Crippen molar-refractivity contribution in [2.45, 2.75) is 6.61 Å². The second kappa shape index (κ2) is 8.19. The fourth-order valence-electron chi connectivity index (χ4n) is 1.70. The van der Waals surface area contributed by atoms with E-state index in [-0.39, 0.29) is 5.96 Å². The maximum absolute atomic E-state index is 5.99. The number of hydrogen-bond acceptors (Lipinski definition) is 3. The monoisotopic (exact) mass is 414 g/mol. The van der Waals surface area contributed by atoms with Crippen LogP contribution in [0.2, 0.25) is 10.0 Å². The number of rotatable bonds is 5. The molecule has 0 atom stereocenters. The minimum atomic E-state index is -0.116. The highest BCUT2D eigenvalue weighted by Gasteiger charge is 2.05. The Hall–Kier alpha value is -1.76. The van der Waals surface area contributed by atoms with Crippen molar-refractivity contribution in [1.29, 1.82) is 0 Å². The number of halogens is 3. The van der Waals surface area contributed by atoms with Crippen LogP contribution in [0.15, 0.2) is 51.1 Å². The molecule has 4 N–H and O–H groups in total. The van der Waals surface area contributed by atoms with Gasteiger partial charge in [0.05, 0.1) is 16.3 Å². The summed E-state index contributed by atoms with van der Waals surface area (Å²) in [6.07, 6.45) is 1.51. The van der Waals surface area contributed by atoms with Crippen LogP contribution in [0.3, 0.4) is 0 Å². The molecule has 0 heterocycles. The minimum Gasteiger partial charge on any atom is -0.488 e. The molecule has 0 fully saturated rings. The first kappa shape index (κ1) is 17.6. The average molecular weight is 416 g/mol. The lowest BCUT2D eigenvalue weighted by molar-refractivity contribution is 0.306. The fourth-order valence-corrected chi connectivity index (χ4v) is 2.40. The zero-order valence-electron chi connectivity index (χ0n) is 11.8. The van der Waals surface area contributed by atoms with E-state index >= 15 is 0 Å². The normalized spacial score (nSPS) is 10.7. The van der Waals surface area contributed by atoms with Crippen LogP contribution in [0.25, 0.3) is 0 Å². The van der Waals surface area contributed by atoms with Crippen LogP contribution in [0, 0.1) is 0 Å². The SMILES string of the molecule is NC(N)=NN=Cc1cc(Br)ccc1OCc1ccc(Cl)c(Cl)c1. The second-order valence-electron chi connectivity index (χ2n) is 4.49. The summed E-state index contributed by atoms with van der Waals surface area (Å²) < 4.78 is 6.69. The first-order valence-corrected chi connectivity index (χ1v) is 7.99. The Morgan fingerprint density at radius 2 is 1.91 bits per heavy atom. The molecular formula is C15H13BrCl2N4O. The van der Waals surface area contributed by atoms with E-state index in [1.54, 1.807) is 12.1 Å². The van der Waals surface area contributed by atoms with Gasteiger partial charge in [0.25, 0.3) is 0 Å². The van der Waals surface area contributed by atoms with Crippen molar-refractivity contribution in [3.63, 3.8) is 0 Å². The summed E-state index contributed by atoms with van der Waals surface area (Å²) in [5.41, 5.74) is 12.1. The summed E-state index contributed by atoms with van der Waals surface area (Å²) >= 11 is 15.3. The number of ether oxygens (including phenoxy) is 1. The molecule has 120 valence electrons. The molecule has 0 amide bonds. The molecule has 0 saturated carbocycles. The molecule has 0 aromatic heterocycles. The van der Waals surface area contributed by atoms with Gasteiger partial charge < -0.3 is 16.2 Å². The van der Waals surface area contributed by atoms with Crippen LogP contribution in [0.4, 0.5) is 0 Å². The highest BCUT2D eigenvalue weighted by molar-refractivity contribution is 9.10. The van der Waals surface area contributed by atoms with Gasteiger partial charge in [-0.25, -0.2) is 0 Å². The van der Waals surface area contributed by atoms with E-state index < -0.39 is 0 Å². The largest absolute Gasteiger partial charge is 0.488 e. The van der Waals surface area contributed by atoms with E-state index in [0.29, 0.717) is 22.4 Å². The number of nitrogens with zero attached hydrogens (tertiary/aromatic N) is 2. The summed E-state index contributed by atoms with van der Waals surface area (Å²) in [7, 11) is 0. The Bertz CT molecular complexity index is 761. The Morgan fingerprint density at radius 1 is 1.13 bits per heavy atom. The van der Waals surface area contributed by atoms with Gasteiger partial charge in [-0.3, -0.25) is 0 Å². The van der Waals surface area contributed by atoms with Gasteiger partial charge in [-0.15, -0.1) is 5.10 Å². The van der Waals surface area contributed by atoms with Gasteiger partial charge >= 0.3 is 0 Å². The zero-order valence-corrected chi connectivity index (χ0v) is 14.9. The predicted octanol–water partition coefficient (Wildman–Crippen LogP) is 3.94. The Kier molecular flexibility index (Phi) is 6.27. The first-order chi connectivity index (χ1) is 11.0. The molecule has 2 aromatic rings. The lowest BCUT2D eigenvalue weighted by Gasteiger charge is -2.10. The molecule has 0 aliphatic rings. The molecule has 5 nitrogen and oxygen atoms in total. The zero-order chi connectivity index (χ0) is 16.8. The molecule has 0 aliphatic carbocycles. The highest BCUT2D eigenvalue weighted by Crippen LogP contribution is 2.25. The van der Waals surface area contributed by atoms with Gasteiger partial charge in [0, 0.05) is 10.0 Å². The molecule has 0 radical (unpaired) electrons. The number of guanidine groups is 1. The molecule has 23 heavy (non-hydrogen) atoms. The molecular weight excluding hydrogens is 403 g/mol. The van der Waals surface area contributed by atoms with Crippen molar-refractivity contribution in [1.82, 2.24) is 0 Å². The molecule has 0 saturated heterocycles. The number of nitrogens with two attached hydrogens (primary N) is 2. The molecule has 0 unspecified atom stereocenters. The van der Waals surface area contributed by atoms with E-state index in [2.05, 4.69) is 26.1 Å². The predicted molar refractivity (Wildman–Crippen MR) is 98.3 cm³/mol. The standard InChI is InChI=1S/C15H13BrCl2N4O/c16-11-2-4-14(10(6-11)7-21-22-15(19)20)23-8-9-1-3-12(17)13(18)5-9/h1-7H,8H2,(H4,19,20,22). The van der Waals surface area contributed by atoms with E-state index in [0.717, 1.165) is 15.6 Å². The maximum atomic E-state index is 5.99. The van der Waals surface area contributed by atoms with E-state index in [1.807, 2.05) is 24.3 Å². The van der Waals surface area contributed by atoms with Crippen LogP contribution in [0.1, 0.15) is 11.1 Å². The van der Waals surface area contributed by atoms with Crippen molar-refractivity contribution in [3.05, 3.63) is 62.0 Å². The first-order valence-electron chi connectivity index (χ1n) is 6.44. The van der Waals surface area contributed by atoms with Crippen LogP contribution in [-0.4, -0.2) is 12.2 Å². The molecule has 0 aliphatic heterocycles. The third-order valence-electron chi connectivity index (χ3n) is 2.72. The lowest BCUT2D eigenvalue weighted by atomic mass is 10.2. The smallest absolute Gasteiger partial charge is 0.211 e. The van der Waals surface area contributed by atoms with Crippen molar-refractivity contribution in [2.24, 2.45) is 21.7 Å². The van der Waals surface area contributed by atoms with E-state index in [9.17, 15) is 0 Å².